The monoisotopic (exact) mass is 359 g/mol. The van der Waals surface area contributed by atoms with Gasteiger partial charge in [0.1, 0.15) is 17.3 Å². The molecule has 0 unspecified atom stereocenters. The average molecular weight is 360 g/mol. The van der Waals surface area contributed by atoms with E-state index in [4.69, 9.17) is 11.6 Å². The van der Waals surface area contributed by atoms with Gasteiger partial charge in [-0.15, -0.1) is 0 Å². The molecule has 126 valence electrons. The lowest BCUT2D eigenvalue weighted by atomic mass is 10.2. The summed E-state index contributed by atoms with van der Waals surface area (Å²) in [6.45, 7) is 0. The molecule has 0 saturated carbocycles. The van der Waals surface area contributed by atoms with Crippen molar-refractivity contribution >= 4 is 34.6 Å². The molecule has 1 heterocycles. The van der Waals surface area contributed by atoms with E-state index in [9.17, 15) is 13.6 Å². The van der Waals surface area contributed by atoms with Crippen LogP contribution in [0, 0.1) is 11.6 Å². The van der Waals surface area contributed by atoms with Crippen LogP contribution in [-0.4, -0.2) is 10.9 Å². The molecule has 0 aliphatic heterocycles. The third-order valence-corrected chi connectivity index (χ3v) is 3.52. The zero-order valence-electron chi connectivity index (χ0n) is 12.8. The van der Waals surface area contributed by atoms with Gasteiger partial charge in [-0.05, 0) is 42.5 Å². The smallest absolute Gasteiger partial charge is 0.274 e. The van der Waals surface area contributed by atoms with Crippen molar-refractivity contribution in [3.05, 3.63) is 83.1 Å². The first-order valence-corrected chi connectivity index (χ1v) is 7.64. The van der Waals surface area contributed by atoms with Crippen LogP contribution in [0.25, 0.3) is 0 Å². The van der Waals surface area contributed by atoms with E-state index in [0.717, 1.165) is 12.1 Å². The Hall–Kier alpha value is -2.99. The van der Waals surface area contributed by atoms with Gasteiger partial charge < -0.3 is 10.6 Å². The number of amides is 1. The maximum absolute atomic E-state index is 13.7. The molecule has 1 aromatic heterocycles. The Morgan fingerprint density at radius 3 is 2.60 bits per heavy atom. The molecule has 0 saturated heterocycles. The molecule has 0 radical (unpaired) electrons. The molecule has 0 atom stereocenters. The summed E-state index contributed by atoms with van der Waals surface area (Å²) in [5, 5.41) is 5.95. The number of nitrogens with zero attached hydrogens (tertiary/aromatic N) is 1. The number of carbonyl (C=O) groups is 1. The number of rotatable bonds is 4. The molecule has 0 aliphatic rings. The van der Waals surface area contributed by atoms with Crippen LogP contribution < -0.4 is 10.6 Å². The molecule has 2 aromatic carbocycles. The van der Waals surface area contributed by atoms with Crippen molar-refractivity contribution in [3.63, 3.8) is 0 Å². The number of carbonyl (C=O) groups excluding carboxylic acids is 1. The SMILES string of the molecule is O=C(Nc1cccc(Cl)c1)c1cc(Nc2ccc(F)cc2F)ccn1. The number of pyridine rings is 1. The van der Waals surface area contributed by atoms with Gasteiger partial charge in [-0.1, -0.05) is 17.7 Å². The largest absolute Gasteiger partial charge is 0.353 e. The highest BCUT2D eigenvalue weighted by Gasteiger charge is 2.10. The molecule has 0 spiro atoms. The lowest BCUT2D eigenvalue weighted by Gasteiger charge is -2.09. The summed E-state index contributed by atoms with van der Waals surface area (Å²) in [7, 11) is 0. The first-order chi connectivity index (χ1) is 12.0. The van der Waals surface area contributed by atoms with Crippen LogP contribution in [0.15, 0.2) is 60.8 Å². The van der Waals surface area contributed by atoms with Crippen molar-refractivity contribution < 1.29 is 13.6 Å². The highest BCUT2D eigenvalue weighted by atomic mass is 35.5. The molecular formula is C18H12ClF2N3O. The van der Waals surface area contributed by atoms with Crippen LogP contribution in [0.2, 0.25) is 5.02 Å². The first kappa shape index (κ1) is 16.9. The molecule has 3 rings (SSSR count). The van der Waals surface area contributed by atoms with Gasteiger partial charge in [-0.25, -0.2) is 8.78 Å². The van der Waals surface area contributed by atoms with Crippen molar-refractivity contribution in [2.24, 2.45) is 0 Å². The third-order valence-electron chi connectivity index (χ3n) is 3.29. The summed E-state index contributed by atoms with van der Waals surface area (Å²) in [4.78, 5) is 16.3. The fourth-order valence-corrected chi connectivity index (χ4v) is 2.33. The quantitative estimate of drug-likeness (QED) is 0.688. The highest BCUT2D eigenvalue weighted by Crippen LogP contribution is 2.21. The maximum atomic E-state index is 13.7. The van der Waals surface area contributed by atoms with Gasteiger partial charge in [-0.2, -0.15) is 0 Å². The van der Waals surface area contributed by atoms with E-state index in [-0.39, 0.29) is 11.4 Å². The van der Waals surface area contributed by atoms with E-state index in [1.165, 1.54) is 18.3 Å². The van der Waals surface area contributed by atoms with Crippen LogP contribution in [0.1, 0.15) is 10.5 Å². The van der Waals surface area contributed by atoms with Crippen LogP contribution in [-0.2, 0) is 0 Å². The van der Waals surface area contributed by atoms with Crippen LogP contribution in [0.5, 0.6) is 0 Å². The third kappa shape index (κ3) is 4.30. The second-order valence-corrected chi connectivity index (χ2v) is 5.58. The lowest BCUT2D eigenvalue weighted by molar-refractivity contribution is 0.102. The van der Waals surface area contributed by atoms with E-state index in [1.807, 2.05) is 0 Å². The Kier molecular flexibility index (Phi) is 4.90. The predicted octanol–water partition coefficient (Wildman–Crippen LogP) is 5.01. The zero-order valence-corrected chi connectivity index (χ0v) is 13.5. The van der Waals surface area contributed by atoms with Crippen molar-refractivity contribution in [3.8, 4) is 0 Å². The normalized spacial score (nSPS) is 10.4. The van der Waals surface area contributed by atoms with Gasteiger partial charge in [0.15, 0.2) is 0 Å². The summed E-state index contributed by atoms with van der Waals surface area (Å²) in [5.41, 5.74) is 1.19. The standard InChI is InChI=1S/C18H12ClF2N3O/c19-11-2-1-3-13(8-11)24-18(25)17-10-14(6-7-22-17)23-16-5-4-12(20)9-15(16)21/h1-10H,(H,22,23)(H,24,25). The first-order valence-electron chi connectivity index (χ1n) is 7.26. The number of aromatic nitrogens is 1. The second kappa shape index (κ2) is 7.27. The van der Waals surface area contributed by atoms with Crippen LogP contribution in [0.3, 0.4) is 0 Å². The number of benzene rings is 2. The Labute approximate surface area is 147 Å². The molecule has 0 fully saturated rings. The predicted molar refractivity (Wildman–Crippen MR) is 93.3 cm³/mol. The molecular weight excluding hydrogens is 348 g/mol. The molecule has 4 nitrogen and oxygen atoms in total. The number of nitrogens with one attached hydrogen (secondary N) is 2. The second-order valence-electron chi connectivity index (χ2n) is 5.14. The van der Waals surface area contributed by atoms with Crippen molar-refractivity contribution in [1.82, 2.24) is 4.98 Å². The maximum Gasteiger partial charge on any atom is 0.274 e. The number of hydrogen-bond donors (Lipinski definition) is 2. The van der Waals surface area contributed by atoms with Gasteiger partial charge >= 0.3 is 0 Å². The van der Waals surface area contributed by atoms with Crippen molar-refractivity contribution in [2.45, 2.75) is 0 Å². The number of halogens is 3. The van der Waals surface area contributed by atoms with Gasteiger partial charge in [0.2, 0.25) is 0 Å². The molecule has 25 heavy (non-hydrogen) atoms. The van der Waals surface area contributed by atoms with Crippen molar-refractivity contribution in [2.75, 3.05) is 10.6 Å². The Balaban J connectivity index is 1.77. The fraction of sp³-hybridized carbons (Fsp3) is 0. The van der Waals surface area contributed by atoms with Crippen LogP contribution >= 0.6 is 11.6 Å². The molecule has 7 heteroatoms. The van der Waals surface area contributed by atoms with Gasteiger partial charge in [0, 0.05) is 28.7 Å². The van der Waals surface area contributed by atoms with E-state index in [1.54, 1.807) is 30.3 Å². The molecule has 1 amide bonds. The molecule has 2 N–H and O–H groups in total. The topological polar surface area (TPSA) is 54.0 Å². The van der Waals surface area contributed by atoms with Crippen molar-refractivity contribution in [1.29, 1.82) is 0 Å². The average Bonchev–Trinajstić information content (AvgIpc) is 2.58. The van der Waals surface area contributed by atoms with E-state index in [0.29, 0.717) is 16.4 Å². The Bertz CT molecular complexity index is 934. The van der Waals surface area contributed by atoms with E-state index in [2.05, 4.69) is 15.6 Å². The molecule has 0 aliphatic carbocycles. The summed E-state index contributed by atoms with van der Waals surface area (Å²) in [6, 6.07) is 12.9. The minimum Gasteiger partial charge on any atom is -0.353 e. The summed E-state index contributed by atoms with van der Waals surface area (Å²) in [5.74, 6) is -1.84. The van der Waals surface area contributed by atoms with Gasteiger partial charge in [0.25, 0.3) is 5.91 Å². The lowest BCUT2D eigenvalue weighted by Crippen LogP contribution is -2.13. The zero-order chi connectivity index (χ0) is 17.8. The van der Waals surface area contributed by atoms with Gasteiger partial charge in [-0.3, -0.25) is 9.78 Å². The minimum absolute atomic E-state index is 0.0915. The summed E-state index contributed by atoms with van der Waals surface area (Å²) < 4.78 is 26.7. The highest BCUT2D eigenvalue weighted by molar-refractivity contribution is 6.30. The van der Waals surface area contributed by atoms with Gasteiger partial charge in [0.05, 0.1) is 5.69 Å². The van der Waals surface area contributed by atoms with E-state index < -0.39 is 17.5 Å². The molecule has 3 aromatic rings. The minimum atomic E-state index is -0.734. The van der Waals surface area contributed by atoms with Crippen LogP contribution in [0.4, 0.5) is 25.8 Å². The molecule has 0 bridgehead atoms. The van der Waals surface area contributed by atoms with E-state index >= 15 is 0 Å². The summed E-state index contributed by atoms with van der Waals surface area (Å²) >= 11 is 5.88. The number of hydrogen-bond acceptors (Lipinski definition) is 3. The Morgan fingerprint density at radius 2 is 1.84 bits per heavy atom. The Morgan fingerprint density at radius 1 is 1.00 bits per heavy atom. The number of anilines is 3. The summed E-state index contributed by atoms with van der Waals surface area (Å²) in [6.07, 6.45) is 1.41. The fourth-order valence-electron chi connectivity index (χ4n) is 2.14.